The highest BCUT2D eigenvalue weighted by molar-refractivity contribution is 5.97. The molecule has 0 spiro atoms. The summed E-state index contributed by atoms with van der Waals surface area (Å²) in [5.41, 5.74) is -1.29. The number of halogens is 3. The molecule has 0 unspecified atom stereocenters. The predicted molar refractivity (Wildman–Crippen MR) is 74.9 cm³/mol. The number of rotatable bonds is 3. The normalized spacial score (nSPS) is 11.1. The monoisotopic (exact) mass is 325 g/mol. The second-order valence-corrected chi connectivity index (χ2v) is 4.56. The van der Waals surface area contributed by atoms with Gasteiger partial charge in [0.15, 0.2) is 0 Å². The summed E-state index contributed by atoms with van der Waals surface area (Å²) in [6.45, 7) is 0. The topological polar surface area (TPSA) is 69.4 Å². The molecule has 2 aromatic rings. The van der Waals surface area contributed by atoms with Crippen molar-refractivity contribution >= 4 is 11.7 Å². The number of carbonyl (C=O) groups excluding carboxylic acids is 1. The summed E-state index contributed by atoms with van der Waals surface area (Å²) >= 11 is 0. The molecule has 2 aromatic carbocycles. The van der Waals surface area contributed by atoms with Crippen molar-refractivity contribution in [3.8, 4) is 11.1 Å². The van der Waals surface area contributed by atoms with E-state index in [9.17, 15) is 28.1 Å². The summed E-state index contributed by atoms with van der Waals surface area (Å²) < 4.78 is 43.0. The Morgan fingerprint density at radius 2 is 1.87 bits per heavy atom. The molecule has 0 aliphatic heterocycles. The van der Waals surface area contributed by atoms with E-state index in [1.165, 1.54) is 6.07 Å². The van der Waals surface area contributed by atoms with Crippen molar-refractivity contribution in [1.82, 2.24) is 0 Å². The minimum Gasteiger partial charge on any atom is -0.465 e. The van der Waals surface area contributed by atoms with E-state index in [1.54, 1.807) is 0 Å². The lowest BCUT2D eigenvalue weighted by molar-refractivity contribution is -0.384. The summed E-state index contributed by atoms with van der Waals surface area (Å²) in [5.74, 6) is -0.799. The Labute approximate surface area is 128 Å². The number of hydrogen-bond donors (Lipinski definition) is 0. The second-order valence-electron chi connectivity index (χ2n) is 4.56. The van der Waals surface area contributed by atoms with Crippen LogP contribution < -0.4 is 0 Å². The number of ether oxygens (including phenoxy) is 1. The Morgan fingerprint density at radius 1 is 1.17 bits per heavy atom. The number of esters is 1. The van der Waals surface area contributed by atoms with Gasteiger partial charge in [0.05, 0.1) is 23.2 Å². The fraction of sp³-hybridized carbons (Fsp3) is 0.133. The maximum absolute atomic E-state index is 12.8. The van der Waals surface area contributed by atoms with E-state index < -0.39 is 22.6 Å². The minimum absolute atomic E-state index is 0.00264. The first kappa shape index (κ1) is 16.5. The van der Waals surface area contributed by atoms with Gasteiger partial charge < -0.3 is 4.74 Å². The van der Waals surface area contributed by atoms with Crippen molar-refractivity contribution < 1.29 is 27.6 Å². The molecule has 0 N–H and O–H groups in total. The van der Waals surface area contributed by atoms with Gasteiger partial charge in [0.2, 0.25) is 0 Å². The smallest absolute Gasteiger partial charge is 0.416 e. The quantitative estimate of drug-likeness (QED) is 0.484. The summed E-state index contributed by atoms with van der Waals surface area (Å²) in [4.78, 5) is 21.9. The van der Waals surface area contributed by atoms with Gasteiger partial charge in [0.1, 0.15) is 0 Å². The average Bonchev–Trinajstić information content (AvgIpc) is 2.52. The number of methoxy groups -OCH3 is 1. The van der Waals surface area contributed by atoms with Crippen molar-refractivity contribution in [3.05, 3.63) is 63.7 Å². The van der Waals surface area contributed by atoms with Crippen molar-refractivity contribution in [3.63, 3.8) is 0 Å². The van der Waals surface area contributed by atoms with Crippen LogP contribution in [-0.4, -0.2) is 18.0 Å². The number of nitrogens with zero attached hydrogens (tertiary/aromatic N) is 1. The number of alkyl halides is 3. The zero-order valence-corrected chi connectivity index (χ0v) is 11.8. The van der Waals surface area contributed by atoms with Crippen LogP contribution in [0.1, 0.15) is 15.9 Å². The van der Waals surface area contributed by atoms with E-state index in [1.807, 2.05) is 0 Å². The number of carbonyl (C=O) groups is 1. The number of benzene rings is 2. The number of non-ortho nitro benzene ring substituents is 1. The highest BCUT2D eigenvalue weighted by Crippen LogP contribution is 2.34. The molecule has 0 aliphatic carbocycles. The van der Waals surface area contributed by atoms with E-state index >= 15 is 0 Å². The summed E-state index contributed by atoms with van der Waals surface area (Å²) in [6.07, 6.45) is -4.57. The Hall–Kier alpha value is -2.90. The Balaban J connectivity index is 2.67. The van der Waals surface area contributed by atoms with Gasteiger partial charge in [-0.2, -0.15) is 13.2 Å². The third kappa shape index (κ3) is 3.47. The van der Waals surface area contributed by atoms with Crippen LogP contribution in [0.25, 0.3) is 11.1 Å². The van der Waals surface area contributed by atoms with Crippen LogP contribution in [0.15, 0.2) is 42.5 Å². The van der Waals surface area contributed by atoms with Gasteiger partial charge in [-0.15, -0.1) is 0 Å². The molecule has 0 heterocycles. The van der Waals surface area contributed by atoms with Gasteiger partial charge in [0.25, 0.3) is 5.69 Å². The summed E-state index contributed by atoms with van der Waals surface area (Å²) in [7, 11) is 1.11. The van der Waals surface area contributed by atoms with Gasteiger partial charge in [-0.25, -0.2) is 4.79 Å². The second kappa shape index (κ2) is 6.07. The van der Waals surface area contributed by atoms with Gasteiger partial charge in [-0.3, -0.25) is 10.1 Å². The minimum atomic E-state index is -4.57. The molecule has 2 rings (SSSR count). The maximum atomic E-state index is 12.8. The molecular formula is C15H10F3NO4. The molecule has 5 nitrogen and oxygen atoms in total. The third-order valence-electron chi connectivity index (χ3n) is 3.12. The SMILES string of the molecule is COC(=O)c1ccc([N+](=O)[O-])cc1-c1cccc(C(F)(F)F)c1. The van der Waals surface area contributed by atoms with Crippen molar-refractivity contribution in [1.29, 1.82) is 0 Å². The van der Waals surface area contributed by atoms with Crippen molar-refractivity contribution in [2.45, 2.75) is 6.18 Å². The Kier molecular flexibility index (Phi) is 4.35. The average molecular weight is 325 g/mol. The molecule has 0 aromatic heterocycles. The van der Waals surface area contributed by atoms with Gasteiger partial charge in [0, 0.05) is 17.7 Å². The number of nitro benzene ring substituents is 1. The summed E-state index contributed by atoms with van der Waals surface area (Å²) in [5, 5.41) is 10.9. The van der Waals surface area contributed by atoms with Crippen LogP contribution >= 0.6 is 0 Å². The lowest BCUT2D eigenvalue weighted by Gasteiger charge is -2.11. The molecule has 0 fully saturated rings. The van der Waals surface area contributed by atoms with E-state index in [0.29, 0.717) is 0 Å². The van der Waals surface area contributed by atoms with Gasteiger partial charge in [-0.1, -0.05) is 12.1 Å². The lowest BCUT2D eigenvalue weighted by atomic mass is 9.97. The fourth-order valence-corrected chi connectivity index (χ4v) is 2.04. The van der Waals surface area contributed by atoms with Crippen LogP contribution in [0.2, 0.25) is 0 Å². The maximum Gasteiger partial charge on any atom is 0.416 e. The standard InChI is InChI=1S/C15H10F3NO4/c1-23-14(20)12-6-5-11(19(21)22)8-13(12)9-3-2-4-10(7-9)15(16,17)18/h2-8H,1H3. The first-order valence-electron chi connectivity index (χ1n) is 6.28. The molecule has 120 valence electrons. The summed E-state index contributed by atoms with van der Waals surface area (Å²) in [6, 6.07) is 7.48. The predicted octanol–water partition coefficient (Wildman–Crippen LogP) is 4.07. The van der Waals surface area contributed by atoms with Crippen LogP contribution in [0.4, 0.5) is 18.9 Å². The highest BCUT2D eigenvalue weighted by atomic mass is 19.4. The van der Waals surface area contributed by atoms with Crippen molar-refractivity contribution in [2.24, 2.45) is 0 Å². The Morgan fingerprint density at radius 3 is 2.43 bits per heavy atom. The van der Waals surface area contributed by atoms with E-state index in [0.717, 1.165) is 43.5 Å². The molecule has 0 bridgehead atoms. The van der Waals surface area contributed by atoms with E-state index in [2.05, 4.69) is 4.74 Å². The molecule has 8 heteroatoms. The fourth-order valence-electron chi connectivity index (χ4n) is 2.04. The van der Waals surface area contributed by atoms with Gasteiger partial charge >= 0.3 is 12.1 Å². The molecule has 0 amide bonds. The van der Waals surface area contributed by atoms with Crippen LogP contribution in [0.3, 0.4) is 0 Å². The van der Waals surface area contributed by atoms with Crippen molar-refractivity contribution in [2.75, 3.05) is 7.11 Å². The van der Waals surface area contributed by atoms with Crippen LogP contribution in [0.5, 0.6) is 0 Å². The molecule has 0 aliphatic rings. The molecule has 23 heavy (non-hydrogen) atoms. The number of nitro groups is 1. The zero-order chi connectivity index (χ0) is 17.2. The largest absolute Gasteiger partial charge is 0.465 e. The molecule has 0 radical (unpaired) electrons. The molecule has 0 saturated carbocycles. The first-order chi connectivity index (χ1) is 10.7. The Bertz CT molecular complexity index is 772. The number of hydrogen-bond acceptors (Lipinski definition) is 4. The highest BCUT2D eigenvalue weighted by Gasteiger charge is 2.31. The first-order valence-corrected chi connectivity index (χ1v) is 6.28. The molecule has 0 saturated heterocycles. The molecule has 0 atom stereocenters. The lowest BCUT2D eigenvalue weighted by Crippen LogP contribution is -2.06. The van der Waals surface area contributed by atoms with Gasteiger partial charge in [-0.05, 0) is 23.8 Å². The van der Waals surface area contributed by atoms with E-state index in [-0.39, 0.29) is 22.4 Å². The molecular weight excluding hydrogens is 315 g/mol. The zero-order valence-electron chi connectivity index (χ0n) is 11.8. The van der Waals surface area contributed by atoms with Crippen LogP contribution in [0, 0.1) is 10.1 Å². The third-order valence-corrected chi connectivity index (χ3v) is 3.12. The van der Waals surface area contributed by atoms with Crippen LogP contribution in [-0.2, 0) is 10.9 Å². The van der Waals surface area contributed by atoms with E-state index in [4.69, 9.17) is 0 Å².